The van der Waals surface area contributed by atoms with Crippen LogP contribution in [0.5, 0.6) is 0 Å². The minimum Gasteiger partial charge on any atom is -0.455 e. The number of carbonyl (C=O) groups excluding carboxylic acids is 1. The third kappa shape index (κ3) is 14.3. The van der Waals surface area contributed by atoms with Crippen LogP contribution in [-0.2, 0) is 19.0 Å². The quantitative estimate of drug-likeness (QED) is 0.0797. The van der Waals surface area contributed by atoms with Gasteiger partial charge < -0.3 is 24.4 Å². The molecule has 0 saturated carbocycles. The molecule has 2 N–H and O–H groups in total. The van der Waals surface area contributed by atoms with E-state index in [1.54, 1.807) is 0 Å². The summed E-state index contributed by atoms with van der Waals surface area (Å²) in [6, 6.07) is 0. The van der Waals surface area contributed by atoms with Gasteiger partial charge >= 0.3 is 5.97 Å². The van der Waals surface area contributed by atoms with E-state index >= 15 is 0 Å². The van der Waals surface area contributed by atoms with E-state index in [4.69, 9.17) is 14.2 Å². The zero-order valence-electron chi connectivity index (χ0n) is 27.8. The van der Waals surface area contributed by atoms with Crippen molar-refractivity contribution in [3.05, 3.63) is 11.6 Å². The van der Waals surface area contributed by atoms with E-state index < -0.39 is 6.10 Å². The highest BCUT2D eigenvalue weighted by molar-refractivity contribution is 5.90. The summed E-state index contributed by atoms with van der Waals surface area (Å²) in [6.45, 7) is 4.18. The lowest BCUT2D eigenvalue weighted by Gasteiger charge is -2.24. The van der Waals surface area contributed by atoms with Crippen molar-refractivity contribution in [2.45, 2.75) is 217 Å². The van der Waals surface area contributed by atoms with Crippen molar-refractivity contribution in [3.63, 3.8) is 0 Å². The summed E-state index contributed by atoms with van der Waals surface area (Å²) in [5.74, 6) is -0.139. The fourth-order valence-electron chi connectivity index (χ4n) is 7.25. The van der Waals surface area contributed by atoms with Crippen LogP contribution in [-0.4, -0.2) is 58.9 Å². The smallest absolute Gasteiger partial charge is 0.334 e. The molecule has 7 atom stereocenters. The molecule has 43 heavy (non-hydrogen) atoms. The Morgan fingerprint density at radius 1 is 0.651 bits per heavy atom. The summed E-state index contributed by atoms with van der Waals surface area (Å²) in [6.07, 6.45) is 29.9. The molecule has 3 aliphatic heterocycles. The van der Waals surface area contributed by atoms with Gasteiger partial charge in [0.25, 0.3) is 0 Å². The fraction of sp³-hybridized carbons (Fsp3) is 0.919. The first kappa shape index (κ1) is 36.5. The first-order valence-electron chi connectivity index (χ1n) is 18.6. The number of aliphatic hydroxyl groups is 2. The molecule has 0 aromatic rings. The number of rotatable bonds is 25. The van der Waals surface area contributed by atoms with E-state index in [9.17, 15) is 15.0 Å². The van der Waals surface area contributed by atoms with Crippen LogP contribution in [0.3, 0.4) is 0 Å². The molecule has 3 rings (SSSR count). The van der Waals surface area contributed by atoms with Crippen LogP contribution in [0.2, 0.25) is 0 Å². The molecule has 3 heterocycles. The monoisotopic (exact) mass is 606 g/mol. The number of ether oxygens (including phenoxy) is 3. The SMILES string of the molecule is CCCCCCCCCCCCCC[C@H](O)[C@H]1CC[C@H](C2CC[C@H]([C@H](O)CCCCCCCCC3=C[C@H](C)OC3=O)O2)O1. The number of hydrogen-bond acceptors (Lipinski definition) is 6. The predicted molar refractivity (Wildman–Crippen MR) is 174 cm³/mol. The zero-order chi connectivity index (χ0) is 30.7. The lowest BCUT2D eigenvalue weighted by atomic mass is 10.00. The maximum absolute atomic E-state index is 11.7. The largest absolute Gasteiger partial charge is 0.455 e. The highest BCUT2D eigenvalue weighted by Gasteiger charge is 2.40. The van der Waals surface area contributed by atoms with Crippen LogP contribution in [0.15, 0.2) is 11.6 Å². The minimum absolute atomic E-state index is 0.0544. The van der Waals surface area contributed by atoms with Crippen molar-refractivity contribution >= 4 is 5.97 Å². The number of hydrogen-bond donors (Lipinski definition) is 2. The van der Waals surface area contributed by atoms with Crippen LogP contribution in [0, 0.1) is 0 Å². The Kier molecular flexibility index (Phi) is 18.5. The second-order valence-corrected chi connectivity index (χ2v) is 13.9. The van der Waals surface area contributed by atoms with Gasteiger partial charge in [-0.25, -0.2) is 4.79 Å². The molecule has 0 aromatic heterocycles. The molecule has 6 heteroatoms. The van der Waals surface area contributed by atoms with Gasteiger partial charge in [-0.2, -0.15) is 0 Å². The molecule has 0 bridgehead atoms. The van der Waals surface area contributed by atoms with E-state index in [1.165, 1.54) is 83.5 Å². The normalized spacial score (nSPS) is 27.0. The summed E-state index contributed by atoms with van der Waals surface area (Å²) >= 11 is 0. The highest BCUT2D eigenvalue weighted by Crippen LogP contribution is 2.34. The van der Waals surface area contributed by atoms with Crippen LogP contribution in [0.1, 0.15) is 174 Å². The van der Waals surface area contributed by atoms with E-state index in [0.29, 0.717) is 0 Å². The minimum atomic E-state index is -0.402. The van der Waals surface area contributed by atoms with Gasteiger partial charge in [-0.05, 0) is 64.4 Å². The fourth-order valence-corrected chi connectivity index (χ4v) is 7.25. The molecule has 3 aliphatic rings. The highest BCUT2D eigenvalue weighted by atomic mass is 16.6. The molecule has 0 aromatic carbocycles. The lowest BCUT2D eigenvalue weighted by molar-refractivity contribution is -0.139. The third-order valence-corrected chi connectivity index (χ3v) is 9.98. The van der Waals surface area contributed by atoms with Gasteiger partial charge in [-0.1, -0.05) is 116 Å². The van der Waals surface area contributed by atoms with Crippen molar-refractivity contribution in [3.8, 4) is 0 Å². The number of unbranched alkanes of at least 4 members (excludes halogenated alkanes) is 16. The number of aliphatic hydroxyl groups excluding tert-OH is 2. The molecule has 0 spiro atoms. The Hall–Kier alpha value is -0.950. The average Bonchev–Trinajstić information content (AvgIpc) is 3.75. The molecular formula is C37H66O6. The maximum atomic E-state index is 11.7. The van der Waals surface area contributed by atoms with E-state index in [-0.39, 0.29) is 42.6 Å². The summed E-state index contributed by atoms with van der Waals surface area (Å²) in [5.41, 5.74) is 0.843. The average molecular weight is 607 g/mol. The van der Waals surface area contributed by atoms with Crippen LogP contribution < -0.4 is 0 Å². The molecule has 2 saturated heterocycles. The third-order valence-electron chi connectivity index (χ3n) is 9.98. The van der Waals surface area contributed by atoms with Gasteiger partial charge in [-0.3, -0.25) is 0 Å². The standard InChI is InChI=1S/C37H66O6/c1-3-4-5-6-7-8-9-10-11-12-16-19-22-31(38)33-24-26-35(42-33)36-27-25-34(43-36)32(39)23-20-17-14-13-15-18-21-30-28-29(2)41-37(30)40/h28-29,31-36,38-39H,3-27H2,1-2H3/t29-,31-,32+,33+,34+,35+,36?/m0/s1. The van der Waals surface area contributed by atoms with Gasteiger partial charge in [0.15, 0.2) is 0 Å². The number of esters is 1. The zero-order valence-corrected chi connectivity index (χ0v) is 27.8. The van der Waals surface area contributed by atoms with Gasteiger partial charge in [0.05, 0.1) is 36.6 Å². The van der Waals surface area contributed by atoms with Gasteiger partial charge in [0.1, 0.15) is 6.10 Å². The molecular weight excluding hydrogens is 540 g/mol. The Morgan fingerprint density at radius 2 is 1.07 bits per heavy atom. The molecule has 1 unspecified atom stereocenters. The van der Waals surface area contributed by atoms with E-state index in [0.717, 1.165) is 82.6 Å². The van der Waals surface area contributed by atoms with Gasteiger partial charge in [0.2, 0.25) is 0 Å². The maximum Gasteiger partial charge on any atom is 0.334 e. The van der Waals surface area contributed by atoms with Crippen molar-refractivity contribution in [2.75, 3.05) is 0 Å². The van der Waals surface area contributed by atoms with Crippen molar-refractivity contribution < 1.29 is 29.2 Å². The summed E-state index contributed by atoms with van der Waals surface area (Å²) in [5, 5.41) is 21.5. The first-order chi connectivity index (χ1) is 21.0. The number of cyclic esters (lactones) is 1. The summed E-state index contributed by atoms with van der Waals surface area (Å²) in [4.78, 5) is 11.7. The second kappa shape index (κ2) is 21.7. The second-order valence-electron chi connectivity index (χ2n) is 13.9. The van der Waals surface area contributed by atoms with Crippen molar-refractivity contribution in [1.82, 2.24) is 0 Å². The molecule has 6 nitrogen and oxygen atoms in total. The van der Waals surface area contributed by atoms with Gasteiger partial charge in [0, 0.05) is 5.57 Å². The first-order valence-corrected chi connectivity index (χ1v) is 18.6. The molecule has 250 valence electrons. The molecule has 0 aliphatic carbocycles. The van der Waals surface area contributed by atoms with Crippen LogP contribution in [0.4, 0.5) is 0 Å². The van der Waals surface area contributed by atoms with E-state index in [1.807, 2.05) is 13.0 Å². The Bertz CT molecular complexity index is 768. The predicted octanol–water partition coefficient (Wildman–Crippen LogP) is 8.89. The topological polar surface area (TPSA) is 85.2 Å². The Labute approximate surface area is 263 Å². The lowest BCUT2D eigenvalue weighted by Crippen LogP contribution is -2.33. The van der Waals surface area contributed by atoms with Crippen molar-refractivity contribution in [1.29, 1.82) is 0 Å². The van der Waals surface area contributed by atoms with Crippen molar-refractivity contribution in [2.24, 2.45) is 0 Å². The molecule has 0 radical (unpaired) electrons. The summed E-state index contributed by atoms with van der Waals surface area (Å²) < 4.78 is 17.7. The van der Waals surface area contributed by atoms with E-state index in [2.05, 4.69) is 6.92 Å². The molecule has 2 fully saturated rings. The van der Waals surface area contributed by atoms with Gasteiger partial charge in [-0.15, -0.1) is 0 Å². The summed E-state index contributed by atoms with van der Waals surface area (Å²) in [7, 11) is 0. The molecule has 0 amide bonds. The van der Waals surface area contributed by atoms with Crippen LogP contribution in [0.25, 0.3) is 0 Å². The van der Waals surface area contributed by atoms with Crippen LogP contribution >= 0.6 is 0 Å². The number of carbonyl (C=O) groups is 1. The Balaban J connectivity index is 1.14. The Morgan fingerprint density at radius 3 is 1.49 bits per heavy atom.